The average Bonchev–Trinajstić information content (AvgIpc) is 2.84. The van der Waals surface area contributed by atoms with Crippen molar-refractivity contribution in [1.82, 2.24) is 5.32 Å². The molecule has 0 fully saturated rings. The van der Waals surface area contributed by atoms with E-state index in [9.17, 15) is 34.1 Å². The third-order valence-electron chi connectivity index (χ3n) is 7.73. The number of hydrogen-bond acceptors (Lipinski definition) is 12. The van der Waals surface area contributed by atoms with Gasteiger partial charge in [0.05, 0.1) is 23.7 Å². The van der Waals surface area contributed by atoms with Gasteiger partial charge in [0.1, 0.15) is 22.7 Å². The molecular weight excluding hydrogens is 534 g/mol. The van der Waals surface area contributed by atoms with E-state index in [1.807, 2.05) is 20.8 Å². The van der Waals surface area contributed by atoms with Gasteiger partial charge < -0.3 is 32.1 Å². The quantitative estimate of drug-likeness (QED) is 0.237. The zero-order valence-corrected chi connectivity index (χ0v) is 23.5. The summed E-state index contributed by atoms with van der Waals surface area (Å²) in [5.74, 6) is -6.23. The average molecular weight is 568 g/mol. The van der Waals surface area contributed by atoms with Crippen LogP contribution in [-0.4, -0.2) is 60.2 Å². The summed E-state index contributed by atoms with van der Waals surface area (Å²) in [6, 6.07) is 1.55. The van der Waals surface area contributed by atoms with E-state index < -0.39 is 57.8 Å². The number of Topliss-reactive ketones (excluding diaryl/α,β-unsaturated/α-hetero) is 2. The number of ketones is 2. The first kappa shape index (κ1) is 29.7. The zero-order valence-electron chi connectivity index (χ0n) is 23.5. The highest BCUT2D eigenvalue weighted by atomic mass is 16.3. The summed E-state index contributed by atoms with van der Waals surface area (Å²) >= 11 is 0. The molecular formula is C27H33N7O7. The molecule has 0 aromatic heterocycles. The minimum atomic E-state index is -1.52. The van der Waals surface area contributed by atoms with E-state index >= 15 is 0 Å². The second-order valence-electron chi connectivity index (χ2n) is 12.0. The van der Waals surface area contributed by atoms with Gasteiger partial charge in [0.2, 0.25) is 5.91 Å². The van der Waals surface area contributed by atoms with Gasteiger partial charge in [0, 0.05) is 42.9 Å². The van der Waals surface area contributed by atoms with E-state index in [1.54, 1.807) is 25.1 Å². The molecule has 14 heteroatoms. The Kier molecular flexibility index (Phi) is 7.43. The van der Waals surface area contributed by atoms with E-state index in [1.165, 1.54) is 0 Å². The molecule has 3 aliphatic carbocycles. The summed E-state index contributed by atoms with van der Waals surface area (Å²) < 4.78 is 0. The highest BCUT2D eigenvalue weighted by Gasteiger charge is 2.57. The lowest BCUT2D eigenvalue weighted by molar-refractivity contribution is -0.125. The largest absolute Gasteiger partial charge is 0.511 e. The summed E-state index contributed by atoms with van der Waals surface area (Å²) in [6.07, 6.45) is -0.216. The van der Waals surface area contributed by atoms with Crippen molar-refractivity contribution in [2.75, 3.05) is 30.9 Å². The molecule has 0 saturated carbocycles. The van der Waals surface area contributed by atoms with Gasteiger partial charge in [-0.05, 0) is 61.5 Å². The van der Waals surface area contributed by atoms with Crippen LogP contribution in [-0.2, 0) is 20.8 Å². The Balaban J connectivity index is 1.89. The van der Waals surface area contributed by atoms with E-state index in [0.717, 1.165) is 0 Å². The van der Waals surface area contributed by atoms with Crippen molar-refractivity contribution < 1.29 is 24.3 Å². The van der Waals surface area contributed by atoms with Gasteiger partial charge in [-0.2, -0.15) is 0 Å². The van der Waals surface area contributed by atoms with Crippen LogP contribution in [0.1, 0.15) is 49.5 Å². The molecule has 0 bridgehead atoms. The number of rotatable bonds is 7. The molecule has 2 amide bonds. The summed E-state index contributed by atoms with van der Waals surface area (Å²) in [5.41, 5.74) is 9.24. The van der Waals surface area contributed by atoms with Gasteiger partial charge in [-0.1, -0.05) is 0 Å². The molecule has 0 saturated heterocycles. The molecule has 14 nitrogen and oxygen atoms in total. The van der Waals surface area contributed by atoms with Crippen LogP contribution in [0.5, 0.6) is 0 Å². The summed E-state index contributed by atoms with van der Waals surface area (Å²) in [7, 11) is 3.44. The molecule has 0 radical (unpaired) electrons. The van der Waals surface area contributed by atoms with E-state index in [0.29, 0.717) is 11.3 Å². The second-order valence-corrected chi connectivity index (χ2v) is 12.0. The molecule has 1 unspecified atom stereocenters. The monoisotopic (exact) mass is 567 g/mol. The number of carbonyl (C=O) groups is 4. The van der Waals surface area contributed by atoms with Gasteiger partial charge >= 0.3 is 0 Å². The Labute approximate surface area is 235 Å². The molecule has 4 rings (SSSR count). The maximum absolute atomic E-state index is 14.1. The number of hydrogen-bond donors (Lipinski definition) is 5. The van der Waals surface area contributed by atoms with Crippen molar-refractivity contribution in [3.8, 4) is 0 Å². The summed E-state index contributed by atoms with van der Waals surface area (Å²) in [4.78, 5) is 78.2. The van der Waals surface area contributed by atoms with Crippen LogP contribution in [0.25, 0.3) is 0 Å². The number of nitrogens with zero attached hydrogens (tertiary/aromatic N) is 3. The number of anilines is 2. The van der Waals surface area contributed by atoms with Crippen LogP contribution in [0.4, 0.5) is 17.1 Å². The van der Waals surface area contributed by atoms with Gasteiger partial charge in [-0.15, -0.1) is 9.81 Å². The normalized spacial score (nSPS) is 23.9. The molecule has 41 heavy (non-hydrogen) atoms. The fourth-order valence-corrected chi connectivity index (χ4v) is 6.06. The van der Waals surface area contributed by atoms with Crippen molar-refractivity contribution in [2.45, 2.75) is 51.1 Å². The number of aliphatic hydroxyl groups excluding tert-OH is 1. The molecule has 1 aromatic carbocycles. The number of primary amides is 1. The predicted octanol–water partition coefficient (Wildman–Crippen LogP) is 1.84. The van der Waals surface area contributed by atoms with Crippen molar-refractivity contribution in [2.24, 2.45) is 33.7 Å². The van der Waals surface area contributed by atoms with Crippen LogP contribution in [0.2, 0.25) is 0 Å². The zero-order chi connectivity index (χ0) is 30.6. The number of aliphatic hydroxyl groups is 1. The van der Waals surface area contributed by atoms with Crippen molar-refractivity contribution in [3.05, 3.63) is 49.6 Å². The lowest BCUT2D eigenvalue weighted by atomic mass is 9.58. The lowest BCUT2D eigenvalue weighted by Gasteiger charge is -2.47. The van der Waals surface area contributed by atoms with Crippen LogP contribution in [0.15, 0.2) is 39.0 Å². The highest BCUT2D eigenvalue weighted by molar-refractivity contribution is 6.23. The fourth-order valence-electron chi connectivity index (χ4n) is 6.06. The Morgan fingerprint density at radius 1 is 1.20 bits per heavy atom. The van der Waals surface area contributed by atoms with Crippen LogP contribution in [0, 0.1) is 21.6 Å². The number of amides is 2. The molecule has 0 heterocycles. The standard InChI is InChI=1S/C27H33N7O7/c1-26(2,3)30-10-16(36)31-13-7-14(34(4)5)12-6-11-8-27(29)9-15(35)19(25(28)39)24(38)20(27)22(33-41)17(11)23(37)18(12)21(13)32-40/h7,11,20,30,35H,6,8-10,29H2,1-5H3,(H2,28,39)(H,31,36)/t11-,20?,27+/m0/s1. The molecule has 0 aliphatic heterocycles. The van der Waals surface area contributed by atoms with E-state index in [-0.39, 0.29) is 53.9 Å². The fraction of sp³-hybridized carbons (Fsp3) is 0.481. The van der Waals surface area contributed by atoms with Crippen LogP contribution < -0.4 is 27.0 Å². The van der Waals surface area contributed by atoms with Crippen LogP contribution in [0.3, 0.4) is 0 Å². The summed E-state index contributed by atoms with van der Waals surface area (Å²) in [5, 5.41) is 22.3. The molecule has 218 valence electrons. The molecule has 7 N–H and O–H groups in total. The number of carbonyl (C=O) groups excluding carboxylic acids is 4. The highest BCUT2D eigenvalue weighted by Crippen LogP contribution is 2.53. The van der Waals surface area contributed by atoms with Gasteiger partial charge in [0.15, 0.2) is 11.6 Å². The third-order valence-corrected chi connectivity index (χ3v) is 7.73. The van der Waals surface area contributed by atoms with Crippen molar-refractivity contribution in [3.63, 3.8) is 0 Å². The molecule has 3 atom stereocenters. The van der Waals surface area contributed by atoms with Crippen LogP contribution >= 0.6 is 0 Å². The third kappa shape index (κ3) is 5.04. The SMILES string of the molecule is CN(C)c1cc(NC(=O)CNC(C)(C)C)c(N=O)c2c1C[C@H]1C[C@@]3(N)CC(O)=C(C(N)=O)C(=O)C3C(N=O)=C1C2=O. The summed E-state index contributed by atoms with van der Waals surface area (Å²) in [6.45, 7) is 5.56. The molecule has 0 spiro atoms. The first-order valence-corrected chi connectivity index (χ1v) is 13.0. The lowest BCUT2D eigenvalue weighted by Crippen LogP contribution is -2.59. The number of nitrogens with one attached hydrogen (secondary N) is 2. The topological polar surface area (TPSA) is 227 Å². The molecule has 3 aliphatic rings. The van der Waals surface area contributed by atoms with E-state index in [2.05, 4.69) is 21.0 Å². The Morgan fingerprint density at radius 3 is 2.39 bits per heavy atom. The smallest absolute Gasteiger partial charge is 0.255 e. The van der Waals surface area contributed by atoms with Crippen molar-refractivity contribution in [1.29, 1.82) is 0 Å². The predicted molar refractivity (Wildman–Crippen MR) is 150 cm³/mol. The Morgan fingerprint density at radius 2 is 1.85 bits per heavy atom. The Bertz CT molecular complexity index is 1470. The van der Waals surface area contributed by atoms with Gasteiger partial charge in [-0.25, -0.2) is 0 Å². The molecule has 1 aromatic rings. The second kappa shape index (κ2) is 10.3. The van der Waals surface area contributed by atoms with Gasteiger partial charge in [-0.3, -0.25) is 19.2 Å². The first-order valence-electron chi connectivity index (χ1n) is 13.0. The maximum atomic E-state index is 14.1. The maximum Gasteiger partial charge on any atom is 0.255 e. The Hall–Kier alpha value is -4.30. The van der Waals surface area contributed by atoms with E-state index in [4.69, 9.17) is 11.5 Å². The minimum absolute atomic E-state index is 0.00207. The minimum Gasteiger partial charge on any atom is -0.511 e. The number of allylic oxidation sites excluding steroid dienone is 1. The number of nitrogens with two attached hydrogens (primary N) is 2. The number of nitroso groups, excluding NO2 is 2. The number of benzene rings is 1. The first-order chi connectivity index (χ1) is 19.0. The van der Waals surface area contributed by atoms with Gasteiger partial charge in [0.25, 0.3) is 5.91 Å². The van der Waals surface area contributed by atoms with Crippen molar-refractivity contribution >= 4 is 40.4 Å². The number of fused-ring (bicyclic) bond motifs is 3.